The zero-order chi connectivity index (χ0) is 17.0. The van der Waals surface area contributed by atoms with E-state index in [1.807, 2.05) is 0 Å². The molecule has 2 heteroatoms. The second-order valence-electron chi connectivity index (χ2n) is 6.79. The minimum Gasteiger partial charge on any atom is -0.481 e. The maximum atomic E-state index is 10.4. The molecule has 1 N–H and O–H groups in total. The highest BCUT2D eigenvalue weighted by Gasteiger charge is 1.97. The van der Waals surface area contributed by atoms with E-state index in [2.05, 4.69) is 19.1 Å². The number of rotatable bonds is 18. The van der Waals surface area contributed by atoms with E-state index in [4.69, 9.17) is 5.11 Å². The molecule has 0 radical (unpaired) electrons. The van der Waals surface area contributed by atoms with Gasteiger partial charge in [-0.3, -0.25) is 4.79 Å². The van der Waals surface area contributed by atoms with Crippen LogP contribution in [-0.2, 0) is 4.79 Å². The lowest BCUT2D eigenvalue weighted by molar-refractivity contribution is -0.137. The zero-order valence-electron chi connectivity index (χ0n) is 15.5. The molecule has 0 fully saturated rings. The molecule has 0 aromatic heterocycles. The highest BCUT2D eigenvalue weighted by atomic mass is 16.4. The first-order chi connectivity index (χ1) is 11.3. The van der Waals surface area contributed by atoms with Crippen LogP contribution >= 0.6 is 0 Å². The number of unbranched alkanes of at least 4 members (excludes halogenated alkanes) is 14. The Morgan fingerprint density at radius 3 is 1.48 bits per heavy atom. The number of carbonyl (C=O) groups is 1. The maximum absolute atomic E-state index is 10.4. The van der Waals surface area contributed by atoms with Gasteiger partial charge in [0.15, 0.2) is 0 Å². The van der Waals surface area contributed by atoms with E-state index < -0.39 is 5.97 Å². The Morgan fingerprint density at radius 1 is 0.652 bits per heavy atom. The van der Waals surface area contributed by atoms with Gasteiger partial charge in [0, 0.05) is 6.42 Å². The van der Waals surface area contributed by atoms with Crippen LogP contribution in [0, 0.1) is 0 Å². The Labute approximate surface area is 144 Å². The first-order valence-electron chi connectivity index (χ1n) is 10.1. The van der Waals surface area contributed by atoms with Gasteiger partial charge >= 0.3 is 5.97 Å². The minimum atomic E-state index is -0.655. The molecular formula is C21H40O2. The molecule has 0 amide bonds. The van der Waals surface area contributed by atoms with Crippen LogP contribution in [0.4, 0.5) is 0 Å². The average molecular weight is 325 g/mol. The van der Waals surface area contributed by atoms with Gasteiger partial charge in [0.05, 0.1) is 0 Å². The third-order valence-electron chi connectivity index (χ3n) is 4.38. The summed E-state index contributed by atoms with van der Waals surface area (Å²) in [5.74, 6) is -0.655. The van der Waals surface area contributed by atoms with Gasteiger partial charge in [-0.2, -0.15) is 0 Å². The van der Waals surface area contributed by atoms with Crippen molar-refractivity contribution in [1.29, 1.82) is 0 Å². The summed E-state index contributed by atoms with van der Waals surface area (Å²) >= 11 is 0. The molecule has 2 nitrogen and oxygen atoms in total. The average Bonchev–Trinajstić information content (AvgIpc) is 2.53. The van der Waals surface area contributed by atoms with Crippen molar-refractivity contribution in [2.45, 2.75) is 116 Å². The molecule has 0 spiro atoms. The van der Waals surface area contributed by atoms with Crippen molar-refractivity contribution >= 4 is 5.97 Å². The number of aliphatic carboxylic acids is 1. The molecule has 0 aliphatic rings. The van der Waals surface area contributed by atoms with E-state index in [0.717, 1.165) is 12.8 Å². The number of carboxylic acids is 1. The van der Waals surface area contributed by atoms with Crippen LogP contribution in [0.3, 0.4) is 0 Å². The molecule has 0 aliphatic heterocycles. The molecule has 0 saturated carbocycles. The van der Waals surface area contributed by atoms with Crippen LogP contribution in [0.5, 0.6) is 0 Å². The number of hydrogen-bond donors (Lipinski definition) is 1. The van der Waals surface area contributed by atoms with Crippen molar-refractivity contribution in [1.82, 2.24) is 0 Å². The van der Waals surface area contributed by atoms with E-state index in [1.165, 1.54) is 89.9 Å². The quantitative estimate of drug-likeness (QED) is 0.212. The van der Waals surface area contributed by atoms with Crippen molar-refractivity contribution in [2.24, 2.45) is 0 Å². The monoisotopic (exact) mass is 324 g/mol. The molecule has 0 aromatic carbocycles. The fraction of sp³-hybridized carbons (Fsp3) is 0.857. The summed E-state index contributed by atoms with van der Waals surface area (Å²) in [5, 5.41) is 8.55. The Hall–Kier alpha value is -0.790. The molecule has 136 valence electrons. The molecule has 0 aliphatic carbocycles. The van der Waals surface area contributed by atoms with E-state index in [1.54, 1.807) is 0 Å². The Bertz CT molecular complexity index is 271. The molecule has 0 heterocycles. The van der Waals surface area contributed by atoms with Crippen LogP contribution in [0.25, 0.3) is 0 Å². The van der Waals surface area contributed by atoms with Gasteiger partial charge in [0.2, 0.25) is 0 Å². The van der Waals surface area contributed by atoms with Crippen molar-refractivity contribution in [3.63, 3.8) is 0 Å². The largest absolute Gasteiger partial charge is 0.481 e. The Balaban J connectivity index is 3.01. The molecule has 0 aromatic rings. The normalized spacial score (nSPS) is 11.3. The van der Waals surface area contributed by atoms with Crippen molar-refractivity contribution in [2.75, 3.05) is 0 Å². The first-order valence-corrected chi connectivity index (χ1v) is 10.1. The number of allylic oxidation sites excluding steroid dienone is 2. The summed E-state index contributed by atoms with van der Waals surface area (Å²) in [5.41, 5.74) is 0. The predicted molar refractivity (Wildman–Crippen MR) is 101 cm³/mol. The van der Waals surface area contributed by atoms with Crippen LogP contribution in [-0.4, -0.2) is 11.1 Å². The highest BCUT2D eigenvalue weighted by molar-refractivity contribution is 5.66. The van der Waals surface area contributed by atoms with Gasteiger partial charge in [0.1, 0.15) is 0 Å². The second-order valence-corrected chi connectivity index (χ2v) is 6.79. The van der Waals surface area contributed by atoms with Crippen LogP contribution in [0.2, 0.25) is 0 Å². The predicted octanol–water partition coefficient (Wildman–Crippen LogP) is 7.28. The summed E-state index contributed by atoms with van der Waals surface area (Å²) in [6.07, 6.45) is 25.7. The summed E-state index contributed by atoms with van der Waals surface area (Å²) in [6.45, 7) is 2.23. The third kappa shape index (κ3) is 21.2. The summed E-state index contributed by atoms with van der Waals surface area (Å²) in [7, 11) is 0. The summed E-state index contributed by atoms with van der Waals surface area (Å²) < 4.78 is 0. The Kier molecular flexibility index (Phi) is 18.6. The van der Waals surface area contributed by atoms with Crippen LogP contribution in [0.15, 0.2) is 12.2 Å². The fourth-order valence-corrected chi connectivity index (χ4v) is 2.89. The lowest BCUT2D eigenvalue weighted by Gasteiger charge is -2.03. The van der Waals surface area contributed by atoms with Gasteiger partial charge in [-0.1, -0.05) is 96.1 Å². The van der Waals surface area contributed by atoms with Gasteiger partial charge in [-0.05, 0) is 25.7 Å². The molecular weight excluding hydrogens is 284 g/mol. The van der Waals surface area contributed by atoms with Gasteiger partial charge in [-0.25, -0.2) is 0 Å². The van der Waals surface area contributed by atoms with Gasteiger partial charge < -0.3 is 5.11 Å². The fourth-order valence-electron chi connectivity index (χ4n) is 2.89. The number of hydrogen-bond acceptors (Lipinski definition) is 1. The van der Waals surface area contributed by atoms with E-state index in [0.29, 0.717) is 6.42 Å². The van der Waals surface area contributed by atoms with E-state index in [-0.39, 0.29) is 0 Å². The molecule has 0 bridgehead atoms. The molecule has 23 heavy (non-hydrogen) atoms. The topological polar surface area (TPSA) is 37.3 Å². The zero-order valence-corrected chi connectivity index (χ0v) is 15.5. The third-order valence-corrected chi connectivity index (χ3v) is 4.38. The standard InChI is InChI=1S/C21H40O2/c1-2-3-4-5-6-7-8-9-10-11-12-13-14-15-16-17-18-19-20-21(22)23/h4-5H,2-3,6-20H2,1H3,(H,22,23). The van der Waals surface area contributed by atoms with Crippen molar-refractivity contribution in [3.8, 4) is 0 Å². The highest BCUT2D eigenvalue weighted by Crippen LogP contribution is 2.13. The molecule has 0 saturated heterocycles. The minimum absolute atomic E-state index is 0.342. The summed E-state index contributed by atoms with van der Waals surface area (Å²) in [4.78, 5) is 10.4. The lowest BCUT2D eigenvalue weighted by atomic mass is 10.0. The lowest BCUT2D eigenvalue weighted by Crippen LogP contribution is -1.93. The first kappa shape index (κ1) is 22.2. The van der Waals surface area contributed by atoms with Crippen LogP contribution in [0.1, 0.15) is 116 Å². The SMILES string of the molecule is CCCC=CCCCCCCCCCCCCCCCC(=O)O. The molecule has 0 atom stereocenters. The van der Waals surface area contributed by atoms with E-state index >= 15 is 0 Å². The Morgan fingerprint density at radius 2 is 1.04 bits per heavy atom. The number of carboxylic acid groups (broad SMARTS) is 1. The molecule has 0 unspecified atom stereocenters. The van der Waals surface area contributed by atoms with Crippen molar-refractivity contribution in [3.05, 3.63) is 12.2 Å². The van der Waals surface area contributed by atoms with E-state index in [9.17, 15) is 4.79 Å². The van der Waals surface area contributed by atoms with Gasteiger partial charge in [-0.15, -0.1) is 0 Å². The van der Waals surface area contributed by atoms with Crippen molar-refractivity contribution < 1.29 is 9.90 Å². The summed E-state index contributed by atoms with van der Waals surface area (Å²) in [6, 6.07) is 0. The molecule has 0 rings (SSSR count). The maximum Gasteiger partial charge on any atom is 0.303 e. The smallest absolute Gasteiger partial charge is 0.303 e. The van der Waals surface area contributed by atoms with Crippen LogP contribution < -0.4 is 0 Å². The second kappa shape index (κ2) is 19.3. The van der Waals surface area contributed by atoms with Gasteiger partial charge in [0.25, 0.3) is 0 Å².